The molecular formula is C10H15N3O3S. The number of anilines is 2. The van der Waals surface area contributed by atoms with Gasteiger partial charge in [-0.1, -0.05) is 0 Å². The number of aromatic nitrogens is 1. The van der Waals surface area contributed by atoms with Crippen LogP contribution in [0.5, 0.6) is 0 Å². The Balaban J connectivity index is 2.12. The molecule has 2 rings (SSSR count). The number of carbonyl (C=O) groups is 1. The molecule has 3 N–H and O–H groups in total. The van der Waals surface area contributed by atoms with Crippen LogP contribution in [-0.2, 0) is 9.47 Å². The van der Waals surface area contributed by atoms with Gasteiger partial charge in [-0.25, -0.2) is 4.79 Å². The molecule has 0 unspecified atom stereocenters. The fraction of sp³-hybridized carbons (Fsp3) is 0.600. The zero-order chi connectivity index (χ0) is 12.3. The molecule has 0 spiro atoms. The lowest BCUT2D eigenvalue weighted by molar-refractivity contribution is 0.0603. The number of nitrogens with one attached hydrogen (secondary N) is 1. The maximum atomic E-state index is 11.6. The predicted molar refractivity (Wildman–Crippen MR) is 65.3 cm³/mol. The molecule has 1 aliphatic heterocycles. The minimum atomic E-state index is -0.453. The first-order valence-electron chi connectivity index (χ1n) is 5.40. The smallest absolute Gasteiger partial charge is 0.344 e. The maximum Gasteiger partial charge on any atom is 0.344 e. The number of methoxy groups -OCH3 is 1. The van der Waals surface area contributed by atoms with Crippen LogP contribution in [0.3, 0.4) is 0 Å². The summed E-state index contributed by atoms with van der Waals surface area (Å²) >= 11 is 1.19. The van der Waals surface area contributed by atoms with Crippen molar-refractivity contribution in [1.29, 1.82) is 0 Å². The quantitative estimate of drug-likeness (QED) is 0.789. The molecule has 0 bridgehead atoms. The van der Waals surface area contributed by atoms with E-state index in [-0.39, 0.29) is 5.82 Å². The summed E-state index contributed by atoms with van der Waals surface area (Å²) in [7, 11) is 1.33. The normalized spacial score (nSPS) is 16.8. The van der Waals surface area contributed by atoms with Gasteiger partial charge < -0.3 is 20.5 Å². The van der Waals surface area contributed by atoms with Crippen molar-refractivity contribution < 1.29 is 14.3 Å². The summed E-state index contributed by atoms with van der Waals surface area (Å²) in [6.07, 6.45) is 1.83. The average molecular weight is 257 g/mol. The van der Waals surface area contributed by atoms with Crippen molar-refractivity contribution in [2.45, 2.75) is 18.9 Å². The predicted octanol–water partition coefficient (Wildman–Crippen LogP) is 1.10. The molecule has 6 nitrogen and oxygen atoms in total. The molecule has 17 heavy (non-hydrogen) atoms. The van der Waals surface area contributed by atoms with Crippen molar-refractivity contribution in [2.75, 3.05) is 31.4 Å². The number of rotatable bonds is 3. The van der Waals surface area contributed by atoms with Gasteiger partial charge in [-0.3, -0.25) is 0 Å². The highest BCUT2D eigenvalue weighted by atomic mass is 32.1. The fourth-order valence-electron chi connectivity index (χ4n) is 1.73. The lowest BCUT2D eigenvalue weighted by Crippen LogP contribution is -2.28. The standard InChI is InChI=1S/C10H15N3O3S/c1-15-10(14)7-8(11)13-17-9(7)12-6-2-4-16-5-3-6/h6,12H,2-5H2,1H3,(H2,11,13). The van der Waals surface area contributed by atoms with Crippen LogP contribution in [0.25, 0.3) is 0 Å². The zero-order valence-corrected chi connectivity index (χ0v) is 10.4. The van der Waals surface area contributed by atoms with Gasteiger partial charge >= 0.3 is 5.97 Å². The van der Waals surface area contributed by atoms with Crippen molar-refractivity contribution >= 4 is 28.3 Å². The summed E-state index contributed by atoms with van der Waals surface area (Å²) in [5.74, 6) is -0.234. The summed E-state index contributed by atoms with van der Waals surface area (Å²) < 4.78 is 13.9. The maximum absolute atomic E-state index is 11.6. The van der Waals surface area contributed by atoms with E-state index in [1.54, 1.807) is 0 Å². The van der Waals surface area contributed by atoms with Gasteiger partial charge in [0.15, 0.2) is 5.82 Å². The van der Waals surface area contributed by atoms with E-state index in [4.69, 9.17) is 10.5 Å². The molecule has 0 aromatic carbocycles. The Morgan fingerprint density at radius 3 is 2.94 bits per heavy atom. The van der Waals surface area contributed by atoms with Crippen LogP contribution in [0.4, 0.5) is 10.8 Å². The largest absolute Gasteiger partial charge is 0.465 e. The van der Waals surface area contributed by atoms with Crippen molar-refractivity contribution in [1.82, 2.24) is 4.37 Å². The van der Waals surface area contributed by atoms with Gasteiger partial charge in [0.1, 0.15) is 10.6 Å². The number of nitrogen functional groups attached to an aromatic ring is 1. The molecule has 1 aliphatic rings. The van der Waals surface area contributed by atoms with Crippen molar-refractivity contribution in [3.8, 4) is 0 Å². The number of carbonyl (C=O) groups excluding carboxylic acids is 1. The molecular weight excluding hydrogens is 242 g/mol. The van der Waals surface area contributed by atoms with Gasteiger partial charge in [-0.2, -0.15) is 4.37 Å². The second-order valence-electron chi connectivity index (χ2n) is 3.79. The molecule has 0 saturated carbocycles. The Labute approximate surface area is 103 Å². The molecule has 0 amide bonds. The molecule has 0 aliphatic carbocycles. The fourth-order valence-corrected chi connectivity index (χ4v) is 2.51. The van der Waals surface area contributed by atoms with Crippen LogP contribution in [0.2, 0.25) is 0 Å². The molecule has 94 valence electrons. The second kappa shape index (κ2) is 5.33. The monoisotopic (exact) mass is 257 g/mol. The van der Waals surface area contributed by atoms with E-state index in [9.17, 15) is 4.79 Å². The van der Waals surface area contributed by atoms with E-state index in [1.807, 2.05) is 0 Å². The van der Waals surface area contributed by atoms with E-state index < -0.39 is 5.97 Å². The molecule has 1 fully saturated rings. The van der Waals surface area contributed by atoms with Crippen LogP contribution >= 0.6 is 11.5 Å². The van der Waals surface area contributed by atoms with Gasteiger partial charge in [-0.15, -0.1) is 0 Å². The minimum Gasteiger partial charge on any atom is -0.465 e. The zero-order valence-electron chi connectivity index (χ0n) is 9.56. The molecule has 0 atom stereocenters. The van der Waals surface area contributed by atoms with Crippen molar-refractivity contribution in [3.63, 3.8) is 0 Å². The first kappa shape index (κ1) is 12.1. The minimum absolute atomic E-state index is 0.219. The first-order chi connectivity index (χ1) is 8.22. The van der Waals surface area contributed by atoms with Gasteiger partial charge in [0.05, 0.1) is 7.11 Å². The molecule has 0 radical (unpaired) electrons. The van der Waals surface area contributed by atoms with E-state index in [0.717, 1.165) is 26.1 Å². The highest BCUT2D eigenvalue weighted by Gasteiger charge is 2.23. The molecule has 1 aromatic heterocycles. The third kappa shape index (κ3) is 2.67. The Bertz CT molecular complexity index is 402. The number of ether oxygens (including phenoxy) is 2. The lowest BCUT2D eigenvalue weighted by Gasteiger charge is -2.23. The molecule has 7 heteroatoms. The van der Waals surface area contributed by atoms with Gasteiger partial charge in [-0.05, 0) is 24.4 Å². The van der Waals surface area contributed by atoms with Crippen LogP contribution in [0.1, 0.15) is 23.2 Å². The summed E-state index contributed by atoms with van der Waals surface area (Å²) in [5.41, 5.74) is 5.99. The van der Waals surface area contributed by atoms with Crippen LogP contribution in [0.15, 0.2) is 0 Å². The molecule has 1 aromatic rings. The van der Waals surface area contributed by atoms with Gasteiger partial charge in [0, 0.05) is 19.3 Å². The third-order valence-corrected chi connectivity index (χ3v) is 3.46. The van der Waals surface area contributed by atoms with E-state index in [0.29, 0.717) is 16.6 Å². The summed E-state index contributed by atoms with van der Waals surface area (Å²) in [6.45, 7) is 1.47. The van der Waals surface area contributed by atoms with E-state index >= 15 is 0 Å². The van der Waals surface area contributed by atoms with E-state index in [1.165, 1.54) is 18.6 Å². The SMILES string of the molecule is COC(=O)c1c(N)nsc1NC1CCOCC1. The van der Waals surface area contributed by atoms with Gasteiger partial charge in [0.2, 0.25) is 0 Å². The van der Waals surface area contributed by atoms with Crippen molar-refractivity contribution in [2.24, 2.45) is 0 Å². The number of nitrogens with zero attached hydrogens (tertiary/aromatic N) is 1. The van der Waals surface area contributed by atoms with E-state index in [2.05, 4.69) is 14.4 Å². The highest BCUT2D eigenvalue weighted by molar-refractivity contribution is 7.11. The van der Waals surface area contributed by atoms with Crippen molar-refractivity contribution in [3.05, 3.63) is 5.56 Å². The topological polar surface area (TPSA) is 86.5 Å². The second-order valence-corrected chi connectivity index (χ2v) is 4.57. The summed E-state index contributed by atoms with van der Waals surface area (Å²) in [6, 6.07) is 0.298. The van der Waals surface area contributed by atoms with Crippen LogP contribution in [0, 0.1) is 0 Å². The number of hydrogen-bond acceptors (Lipinski definition) is 7. The highest BCUT2D eigenvalue weighted by Crippen LogP contribution is 2.29. The number of esters is 1. The van der Waals surface area contributed by atoms with Gasteiger partial charge in [0.25, 0.3) is 0 Å². The molecule has 1 saturated heterocycles. The lowest BCUT2D eigenvalue weighted by atomic mass is 10.1. The Morgan fingerprint density at radius 1 is 1.59 bits per heavy atom. The van der Waals surface area contributed by atoms with Crippen LogP contribution < -0.4 is 11.1 Å². The summed E-state index contributed by atoms with van der Waals surface area (Å²) in [5, 5.41) is 3.96. The number of hydrogen-bond donors (Lipinski definition) is 2. The Morgan fingerprint density at radius 2 is 2.29 bits per heavy atom. The Kier molecular flexibility index (Phi) is 3.80. The average Bonchev–Trinajstić information content (AvgIpc) is 2.71. The van der Waals surface area contributed by atoms with Crippen LogP contribution in [-0.4, -0.2) is 36.7 Å². The Hall–Kier alpha value is -1.34. The third-order valence-electron chi connectivity index (χ3n) is 2.66. The molecule has 2 heterocycles. The number of nitrogens with two attached hydrogens (primary N) is 1. The first-order valence-corrected chi connectivity index (χ1v) is 6.17. The summed E-state index contributed by atoms with van der Waals surface area (Å²) in [4.78, 5) is 11.6.